The molecular formula is C21H21FN4O. The molecule has 0 atom stereocenters. The van der Waals surface area contributed by atoms with E-state index in [4.69, 9.17) is 0 Å². The third kappa shape index (κ3) is 4.67. The van der Waals surface area contributed by atoms with Gasteiger partial charge in [-0.3, -0.25) is 4.79 Å². The highest BCUT2D eigenvalue weighted by molar-refractivity contribution is 6.02. The highest BCUT2D eigenvalue weighted by Gasteiger charge is 2.18. The summed E-state index contributed by atoms with van der Waals surface area (Å²) in [6.07, 6.45) is 2.92. The van der Waals surface area contributed by atoms with E-state index < -0.39 is 5.91 Å². The molecule has 0 spiro atoms. The molecule has 0 fully saturated rings. The number of anilines is 3. The normalized spacial score (nSPS) is 11.1. The Bertz CT molecular complexity index is 932. The van der Waals surface area contributed by atoms with E-state index in [1.807, 2.05) is 18.2 Å². The fourth-order valence-corrected chi connectivity index (χ4v) is 2.62. The minimum atomic E-state index is -0.407. The molecular weight excluding hydrogens is 343 g/mol. The van der Waals surface area contributed by atoms with E-state index >= 15 is 0 Å². The van der Waals surface area contributed by atoms with Gasteiger partial charge in [0.1, 0.15) is 17.3 Å². The molecule has 0 aliphatic carbocycles. The first-order valence-electron chi connectivity index (χ1n) is 8.58. The van der Waals surface area contributed by atoms with E-state index in [1.54, 1.807) is 0 Å². The van der Waals surface area contributed by atoms with E-state index in [0.29, 0.717) is 11.5 Å². The van der Waals surface area contributed by atoms with Gasteiger partial charge >= 0.3 is 0 Å². The van der Waals surface area contributed by atoms with Crippen molar-refractivity contribution in [3.63, 3.8) is 0 Å². The van der Waals surface area contributed by atoms with Crippen molar-refractivity contribution >= 4 is 23.1 Å². The Kier molecular flexibility index (Phi) is 5.16. The number of hydrogen-bond donors (Lipinski definition) is 2. The first kappa shape index (κ1) is 18.5. The second kappa shape index (κ2) is 7.53. The van der Waals surface area contributed by atoms with Crippen molar-refractivity contribution in [1.29, 1.82) is 0 Å². The van der Waals surface area contributed by atoms with Crippen molar-refractivity contribution in [2.75, 3.05) is 10.6 Å². The van der Waals surface area contributed by atoms with E-state index in [9.17, 15) is 9.18 Å². The molecule has 5 nitrogen and oxygen atoms in total. The van der Waals surface area contributed by atoms with Crippen LogP contribution >= 0.6 is 0 Å². The molecule has 2 N–H and O–H groups in total. The van der Waals surface area contributed by atoms with Crippen LogP contribution in [0.2, 0.25) is 0 Å². The second-order valence-electron chi connectivity index (χ2n) is 7.17. The quantitative estimate of drug-likeness (QED) is 0.690. The number of carbonyl (C=O) groups is 1. The molecule has 0 bridgehead atoms. The molecule has 3 rings (SSSR count). The predicted octanol–water partition coefficient (Wildman–Crippen LogP) is 4.91. The molecule has 0 aliphatic rings. The summed E-state index contributed by atoms with van der Waals surface area (Å²) >= 11 is 0. The van der Waals surface area contributed by atoms with Crippen molar-refractivity contribution in [3.8, 4) is 0 Å². The minimum absolute atomic E-state index is 0.0218. The zero-order valence-corrected chi connectivity index (χ0v) is 15.5. The highest BCUT2D eigenvalue weighted by atomic mass is 19.1. The lowest BCUT2D eigenvalue weighted by Gasteiger charge is -2.23. The van der Waals surface area contributed by atoms with Gasteiger partial charge in [-0.2, -0.15) is 0 Å². The molecule has 1 amide bonds. The number of benzene rings is 2. The van der Waals surface area contributed by atoms with Gasteiger partial charge in [0.05, 0.1) is 12.4 Å². The van der Waals surface area contributed by atoms with Crippen molar-refractivity contribution in [2.24, 2.45) is 0 Å². The van der Waals surface area contributed by atoms with Crippen LogP contribution in [0.4, 0.5) is 21.6 Å². The maximum absolute atomic E-state index is 12.9. The lowest BCUT2D eigenvalue weighted by atomic mass is 9.86. The zero-order chi connectivity index (χ0) is 19.4. The van der Waals surface area contributed by atoms with Crippen LogP contribution in [0.1, 0.15) is 36.8 Å². The molecule has 27 heavy (non-hydrogen) atoms. The van der Waals surface area contributed by atoms with Crippen molar-refractivity contribution in [2.45, 2.75) is 26.2 Å². The summed E-state index contributed by atoms with van der Waals surface area (Å²) < 4.78 is 12.9. The Morgan fingerprint density at radius 2 is 1.67 bits per heavy atom. The van der Waals surface area contributed by atoms with Gasteiger partial charge in [-0.05, 0) is 41.3 Å². The fourth-order valence-electron chi connectivity index (χ4n) is 2.62. The zero-order valence-electron chi connectivity index (χ0n) is 15.5. The van der Waals surface area contributed by atoms with Gasteiger partial charge in [0.2, 0.25) is 0 Å². The Balaban J connectivity index is 1.72. The second-order valence-corrected chi connectivity index (χ2v) is 7.17. The molecule has 138 valence electrons. The molecule has 0 saturated carbocycles. The lowest BCUT2D eigenvalue weighted by molar-refractivity contribution is 0.102. The van der Waals surface area contributed by atoms with Crippen molar-refractivity contribution in [1.82, 2.24) is 9.97 Å². The molecule has 3 aromatic rings. The van der Waals surface area contributed by atoms with E-state index in [-0.39, 0.29) is 16.9 Å². The van der Waals surface area contributed by atoms with E-state index in [1.165, 1.54) is 36.7 Å². The van der Waals surface area contributed by atoms with Crippen LogP contribution in [0, 0.1) is 5.82 Å². The number of nitrogens with zero attached hydrogens (tertiary/aromatic N) is 2. The standard InChI is InChI=1S/C21H21FN4O/c1-21(2,3)16-6-4-5-7-17(16)26-19-13-23-18(12-24-19)20(27)25-15-10-8-14(22)9-11-15/h4-13H,1-3H3,(H,24,26)(H,25,27). The molecule has 1 aromatic heterocycles. The summed E-state index contributed by atoms with van der Waals surface area (Å²) in [5.74, 6) is -0.223. The Labute approximate surface area is 157 Å². The smallest absolute Gasteiger partial charge is 0.275 e. The lowest BCUT2D eigenvalue weighted by Crippen LogP contribution is -2.15. The van der Waals surface area contributed by atoms with Gasteiger partial charge in [0, 0.05) is 11.4 Å². The minimum Gasteiger partial charge on any atom is -0.339 e. The molecule has 0 unspecified atom stereocenters. The van der Waals surface area contributed by atoms with Crippen molar-refractivity contribution in [3.05, 3.63) is 78.0 Å². The molecule has 0 saturated heterocycles. The number of hydrogen-bond acceptors (Lipinski definition) is 4. The Morgan fingerprint density at radius 1 is 0.963 bits per heavy atom. The summed E-state index contributed by atoms with van der Waals surface area (Å²) in [4.78, 5) is 20.7. The molecule has 6 heteroatoms. The maximum Gasteiger partial charge on any atom is 0.275 e. The van der Waals surface area contributed by atoms with Crippen LogP contribution in [-0.4, -0.2) is 15.9 Å². The number of amides is 1. The first-order chi connectivity index (χ1) is 12.8. The monoisotopic (exact) mass is 364 g/mol. The summed E-state index contributed by atoms with van der Waals surface area (Å²) in [5, 5.41) is 5.91. The largest absolute Gasteiger partial charge is 0.339 e. The van der Waals surface area contributed by atoms with Gasteiger partial charge in [-0.1, -0.05) is 39.0 Å². The van der Waals surface area contributed by atoms with Crippen LogP contribution in [0.5, 0.6) is 0 Å². The van der Waals surface area contributed by atoms with Crippen LogP contribution < -0.4 is 10.6 Å². The van der Waals surface area contributed by atoms with Gasteiger partial charge in [0.15, 0.2) is 0 Å². The van der Waals surface area contributed by atoms with Gasteiger partial charge in [-0.25, -0.2) is 14.4 Å². The maximum atomic E-state index is 12.9. The van der Waals surface area contributed by atoms with E-state index in [2.05, 4.69) is 47.4 Å². The average Bonchev–Trinajstić information content (AvgIpc) is 2.64. The summed E-state index contributed by atoms with van der Waals surface area (Å²) in [6.45, 7) is 6.42. The van der Waals surface area contributed by atoms with E-state index in [0.717, 1.165) is 11.3 Å². The van der Waals surface area contributed by atoms with Crippen LogP contribution in [-0.2, 0) is 5.41 Å². The van der Waals surface area contributed by atoms with Crippen LogP contribution in [0.15, 0.2) is 60.9 Å². The van der Waals surface area contributed by atoms with Gasteiger partial charge < -0.3 is 10.6 Å². The third-order valence-electron chi connectivity index (χ3n) is 3.98. The fraction of sp³-hybridized carbons (Fsp3) is 0.190. The SMILES string of the molecule is CC(C)(C)c1ccccc1Nc1cnc(C(=O)Nc2ccc(F)cc2)cn1. The number of nitrogens with one attached hydrogen (secondary N) is 2. The number of halogens is 1. The molecule has 0 aliphatic heterocycles. The van der Waals surface area contributed by atoms with Crippen LogP contribution in [0.3, 0.4) is 0 Å². The summed E-state index contributed by atoms with van der Waals surface area (Å²) in [5.41, 5.74) is 2.75. The Hall–Kier alpha value is -3.28. The number of para-hydroxylation sites is 1. The Morgan fingerprint density at radius 3 is 2.30 bits per heavy atom. The number of aromatic nitrogens is 2. The van der Waals surface area contributed by atoms with Crippen molar-refractivity contribution < 1.29 is 9.18 Å². The molecule has 1 heterocycles. The van der Waals surface area contributed by atoms with Gasteiger partial charge in [-0.15, -0.1) is 0 Å². The average molecular weight is 364 g/mol. The molecule has 0 radical (unpaired) electrons. The number of carbonyl (C=O) groups excluding carboxylic acids is 1. The predicted molar refractivity (Wildman–Crippen MR) is 105 cm³/mol. The first-order valence-corrected chi connectivity index (χ1v) is 8.58. The topological polar surface area (TPSA) is 66.9 Å². The number of rotatable bonds is 4. The highest BCUT2D eigenvalue weighted by Crippen LogP contribution is 2.30. The summed E-state index contributed by atoms with van der Waals surface area (Å²) in [6, 6.07) is 13.5. The van der Waals surface area contributed by atoms with Gasteiger partial charge in [0.25, 0.3) is 5.91 Å². The molecule has 2 aromatic carbocycles. The third-order valence-corrected chi connectivity index (χ3v) is 3.98. The van der Waals surface area contributed by atoms with Crippen LogP contribution in [0.25, 0.3) is 0 Å². The summed E-state index contributed by atoms with van der Waals surface area (Å²) in [7, 11) is 0.